The maximum absolute atomic E-state index is 12.4. The molecule has 0 spiro atoms. The molecule has 0 atom stereocenters. The third-order valence-electron chi connectivity index (χ3n) is 4.38. The maximum Gasteiger partial charge on any atom is 0.263 e. The summed E-state index contributed by atoms with van der Waals surface area (Å²) in [5, 5.41) is 4.04. The number of thiophene rings is 1. The zero-order chi connectivity index (χ0) is 15.0. The predicted octanol–water partition coefficient (Wildman–Crippen LogP) is 4.56. The van der Waals surface area contributed by atoms with E-state index in [9.17, 15) is 4.79 Å². The van der Waals surface area contributed by atoms with E-state index in [4.69, 9.17) is 5.73 Å². The van der Waals surface area contributed by atoms with E-state index in [2.05, 4.69) is 28.2 Å². The Bertz CT molecular complexity index is 689. The fourth-order valence-corrected chi connectivity index (χ4v) is 4.63. The van der Waals surface area contributed by atoms with Crippen LogP contribution in [0.3, 0.4) is 0 Å². The van der Waals surface area contributed by atoms with Crippen LogP contribution in [0.1, 0.15) is 42.3 Å². The number of halogens is 1. The summed E-state index contributed by atoms with van der Waals surface area (Å²) in [5.41, 5.74) is 6.99. The molecule has 1 heterocycles. The zero-order valence-corrected chi connectivity index (χ0v) is 14.4. The number of carbonyl (C=O) groups is 1. The summed E-state index contributed by atoms with van der Waals surface area (Å²) in [5.74, 6) is -0.0436. The number of nitrogens with two attached hydrogens (primary N) is 1. The number of nitrogens with one attached hydrogen (secondary N) is 1. The van der Waals surface area contributed by atoms with E-state index in [-0.39, 0.29) is 11.3 Å². The highest BCUT2D eigenvalue weighted by Gasteiger charge is 2.29. The quantitative estimate of drug-likeness (QED) is 0.836. The minimum Gasteiger partial charge on any atom is -0.397 e. The summed E-state index contributed by atoms with van der Waals surface area (Å²) >= 11 is 4.91. The van der Waals surface area contributed by atoms with Crippen LogP contribution >= 0.6 is 27.3 Å². The van der Waals surface area contributed by atoms with Crippen molar-refractivity contribution in [1.29, 1.82) is 0 Å². The number of hydrogen-bond acceptors (Lipinski definition) is 3. The average molecular weight is 367 g/mol. The van der Waals surface area contributed by atoms with Gasteiger partial charge in [0.2, 0.25) is 0 Å². The van der Waals surface area contributed by atoms with E-state index in [0.29, 0.717) is 10.6 Å². The summed E-state index contributed by atoms with van der Waals surface area (Å²) in [7, 11) is 0. The molecule has 3 rings (SSSR count). The van der Waals surface area contributed by atoms with Crippen molar-refractivity contribution in [3.63, 3.8) is 0 Å². The highest BCUT2D eigenvalue weighted by Crippen LogP contribution is 2.38. The minimum atomic E-state index is -0.0436. The van der Waals surface area contributed by atoms with Crippen molar-refractivity contribution in [2.24, 2.45) is 5.41 Å². The van der Waals surface area contributed by atoms with Gasteiger partial charge in [0.15, 0.2) is 0 Å². The number of anilines is 1. The number of hydrogen-bond donors (Lipinski definition) is 2. The van der Waals surface area contributed by atoms with Gasteiger partial charge in [0.1, 0.15) is 4.88 Å². The van der Waals surface area contributed by atoms with Crippen LogP contribution in [0.4, 0.5) is 5.69 Å². The molecule has 0 radical (unpaired) electrons. The van der Waals surface area contributed by atoms with Gasteiger partial charge < -0.3 is 11.1 Å². The zero-order valence-electron chi connectivity index (χ0n) is 12.0. The number of carbonyl (C=O) groups excluding carboxylic acids is 1. The molecule has 0 saturated heterocycles. The Morgan fingerprint density at radius 3 is 2.86 bits per heavy atom. The van der Waals surface area contributed by atoms with E-state index < -0.39 is 0 Å². The van der Waals surface area contributed by atoms with Gasteiger partial charge in [-0.15, -0.1) is 11.3 Å². The number of rotatable bonds is 3. The van der Waals surface area contributed by atoms with Crippen LogP contribution in [0.15, 0.2) is 22.7 Å². The smallest absolute Gasteiger partial charge is 0.263 e. The van der Waals surface area contributed by atoms with Crippen molar-refractivity contribution in [3.8, 4) is 0 Å². The van der Waals surface area contributed by atoms with Gasteiger partial charge in [0.25, 0.3) is 5.91 Å². The fourth-order valence-electron chi connectivity index (χ4n) is 3.04. The Hall–Kier alpha value is -1.07. The lowest BCUT2D eigenvalue weighted by atomic mass is 9.89. The molecule has 1 aliphatic rings. The summed E-state index contributed by atoms with van der Waals surface area (Å²) in [6, 6.07) is 5.92. The lowest BCUT2D eigenvalue weighted by molar-refractivity contribution is 0.0939. The standard InChI is InChI=1S/C16H19BrN2OS/c1-16(6-2-3-7-16)9-19-15(20)14-13(18)11-5-4-10(17)8-12(11)21-14/h4-5,8H,2-3,6-7,9,18H2,1H3,(H,19,20). The van der Waals surface area contributed by atoms with Crippen LogP contribution in [0.5, 0.6) is 0 Å². The predicted molar refractivity (Wildman–Crippen MR) is 92.8 cm³/mol. The van der Waals surface area contributed by atoms with Crippen molar-refractivity contribution in [3.05, 3.63) is 27.5 Å². The number of amides is 1. The largest absolute Gasteiger partial charge is 0.397 e. The third kappa shape index (κ3) is 2.94. The second kappa shape index (κ2) is 5.61. The van der Waals surface area contributed by atoms with Gasteiger partial charge in [-0.1, -0.05) is 41.8 Å². The summed E-state index contributed by atoms with van der Waals surface area (Å²) in [4.78, 5) is 13.1. The summed E-state index contributed by atoms with van der Waals surface area (Å²) in [6.07, 6.45) is 4.93. The van der Waals surface area contributed by atoms with Gasteiger partial charge in [-0.2, -0.15) is 0 Å². The topological polar surface area (TPSA) is 55.1 Å². The lowest BCUT2D eigenvalue weighted by Crippen LogP contribution is -2.34. The van der Waals surface area contributed by atoms with Gasteiger partial charge in [-0.25, -0.2) is 0 Å². The van der Waals surface area contributed by atoms with Crippen molar-refractivity contribution >= 4 is 48.9 Å². The maximum atomic E-state index is 12.4. The van der Waals surface area contributed by atoms with Gasteiger partial charge in [0.05, 0.1) is 5.69 Å². The Labute approximate surface area is 137 Å². The second-order valence-corrected chi connectivity index (χ2v) is 8.15. The molecule has 1 aromatic carbocycles. The molecule has 112 valence electrons. The Kier molecular flexibility index (Phi) is 3.97. The Morgan fingerprint density at radius 2 is 2.14 bits per heavy atom. The van der Waals surface area contributed by atoms with E-state index in [1.165, 1.54) is 37.0 Å². The molecule has 2 aromatic rings. The van der Waals surface area contributed by atoms with E-state index in [1.807, 2.05) is 18.2 Å². The highest BCUT2D eigenvalue weighted by molar-refractivity contribution is 9.10. The molecule has 3 nitrogen and oxygen atoms in total. The Morgan fingerprint density at radius 1 is 1.43 bits per heavy atom. The van der Waals surface area contributed by atoms with Crippen molar-refractivity contribution < 1.29 is 4.79 Å². The van der Waals surface area contributed by atoms with E-state index >= 15 is 0 Å². The minimum absolute atomic E-state index is 0.0436. The van der Waals surface area contributed by atoms with Crippen LogP contribution in [0, 0.1) is 5.41 Å². The first-order valence-corrected chi connectivity index (χ1v) is 8.85. The molecular weight excluding hydrogens is 348 g/mol. The fraction of sp³-hybridized carbons (Fsp3) is 0.438. The van der Waals surface area contributed by atoms with Gasteiger partial charge in [-0.05, 0) is 30.4 Å². The summed E-state index contributed by atoms with van der Waals surface area (Å²) < 4.78 is 2.04. The van der Waals surface area contributed by atoms with Crippen molar-refractivity contribution in [2.45, 2.75) is 32.6 Å². The molecule has 5 heteroatoms. The molecule has 0 bridgehead atoms. The molecule has 21 heavy (non-hydrogen) atoms. The lowest BCUT2D eigenvalue weighted by Gasteiger charge is -2.23. The second-order valence-electron chi connectivity index (χ2n) is 6.19. The molecule has 1 saturated carbocycles. The highest BCUT2D eigenvalue weighted by atomic mass is 79.9. The van der Waals surface area contributed by atoms with E-state index in [0.717, 1.165) is 21.1 Å². The number of benzene rings is 1. The molecule has 1 amide bonds. The first-order chi connectivity index (χ1) is 9.98. The molecule has 3 N–H and O–H groups in total. The van der Waals surface area contributed by atoms with Crippen LogP contribution in [0.2, 0.25) is 0 Å². The first-order valence-electron chi connectivity index (χ1n) is 7.24. The van der Waals surface area contributed by atoms with E-state index in [1.54, 1.807) is 0 Å². The van der Waals surface area contributed by atoms with Crippen LogP contribution < -0.4 is 11.1 Å². The monoisotopic (exact) mass is 366 g/mol. The average Bonchev–Trinajstić information content (AvgIpc) is 3.01. The van der Waals surface area contributed by atoms with Crippen LogP contribution in [-0.2, 0) is 0 Å². The van der Waals surface area contributed by atoms with Crippen LogP contribution in [0.25, 0.3) is 10.1 Å². The number of nitrogen functional groups attached to an aromatic ring is 1. The molecule has 0 aliphatic heterocycles. The van der Waals surface area contributed by atoms with Crippen molar-refractivity contribution in [1.82, 2.24) is 5.32 Å². The van der Waals surface area contributed by atoms with Gasteiger partial charge in [0, 0.05) is 21.1 Å². The van der Waals surface area contributed by atoms with Crippen LogP contribution in [-0.4, -0.2) is 12.5 Å². The number of fused-ring (bicyclic) bond motifs is 1. The van der Waals surface area contributed by atoms with Crippen molar-refractivity contribution in [2.75, 3.05) is 12.3 Å². The molecule has 1 fully saturated rings. The normalized spacial score (nSPS) is 17.2. The molecule has 1 aromatic heterocycles. The molecular formula is C16H19BrN2OS. The van der Waals surface area contributed by atoms with Gasteiger partial charge in [-0.3, -0.25) is 4.79 Å². The first kappa shape index (κ1) is 14.9. The van der Waals surface area contributed by atoms with Gasteiger partial charge >= 0.3 is 0 Å². The molecule has 0 unspecified atom stereocenters. The summed E-state index contributed by atoms with van der Waals surface area (Å²) in [6.45, 7) is 2.99. The molecule has 1 aliphatic carbocycles. The third-order valence-corrected chi connectivity index (χ3v) is 6.04. The Balaban J connectivity index is 1.79. The SMILES string of the molecule is CC1(CNC(=O)c2sc3cc(Br)ccc3c2N)CCCC1.